The number of aliphatic hydroxyl groups is 2. The Morgan fingerprint density at radius 3 is 2.70 bits per heavy atom. The average Bonchev–Trinajstić information content (AvgIpc) is 2.65. The van der Waals surface area contributed by atoms with Gasteiger partial charge in [-0.25, -0.2) is 4.39 Å². The third-order valence-corrected chi connectivity index (χ3v) is 6.63. The highest BCUT2D eigenvalue weighted by Crippen LogP contribution is 2.43. The molecule has 1 aliphatic heterocycles. The van der Waals surface area contributed by atoms with E-state index in [-0.39, 0.29) is 22.9 Å². The highest BCUT2D eigenvalue weighted by atomic mass is 35.5. The van der Waals surface area contributed by atoms with Gasteiger partial charge in [-0.1, -0.05) is 29.8 Å². The number of halogens is 2. The van der Waals surface area contributed by atoms with Crippen molar-refractivity contribution in [3.05, 3.63) is 63.9 Å². The molecule has 0 saturated carbocycles. The van der Waals surface area contributed by atoms with E-state index in [4.69, 9.17) is 16.3 Å². The summed E-state index contributed by atoms with van der Waals surface area (Å²) in [5, 5.41) is 20.3. The normalized spacial score (nSPS) is 22.6. The Labute approximate surface area is 168 Å². The Balaban J connectivity index is 1.81. The summed E-state index contributed by atoms with van der Waals surface area (Å²) in [6, 6.07) is 10.7. The van der Waals surface area contributed by atoms with E-state index >= 15 is 0 Å². The maximum absolute atomic E-state index is 14.4. The minimum Gasteiger partial charge on any atom is -0.494 e. The summed E-state index contributed by atoms with van der Waals surface area (Å²) in [5.74, 6) is 0.200. The van der Waals surface area contributed by atoms with Crippen LogP contribution in [0, 0.1) is 5.82 Å². The van der Waals surface area contributed by atoms with E-state index in [0.717, 1.165) is 11.1 Å². The zero-order valence-electron chi connectivity index (χ0n) is 15.2. The molecule has 0 amide bonds. The van der Waals surface area contributed by atoms with Gasteiger partial charge in [0.1, 0.15) is 11.6 Å². The molecule has 0 aromatic heterocycles. The quantitative estimate of drug-likeness (QED) is 0.720. The van der Waals surface area contributed by atoms with Gasteiger partial charge in [-0.15, -0.1) is 11.8 Å². The van der Waals surface area contributed by atoms with Gasteiger partial charge in [0.15, 0.2) is 0 Å². The molecule has 2 aromatic carbocycles. The molecule has 6 heteroatoms. The predicted octanol–water partition coefficient (Wildman–Crippen LogP) is 4.76. The standard InChI is InChI=1S/C21H24ClFO3S/c1-2-26-17-5-3-13(20(23)11-17)7-15-8-14(4-6-19(15)22)21-10-16(25)9-18(12-24)27-21/h3-6,8,11,16,18,21,24-25H,2,7,9-10,12H2,1H3/t16-,18-,21+/m0/s1. The van der Waals surface area contributed by atoms with Crippen molar-refractivity contribution in [3.8, 4) is 5.75 Å². The molecule has 0 radical (unpaired) electrons. The van der Waals surface area contributed by atoms with Gasteiger partial charge in [0.2, 0.25) is 0 Å². The van der Waals surface area contributed by atoms with Crippen LogP contribution in [0.3, 0.4) is 0 Å². The molecule has 1 heterocycles. The molecular formula is C21H24ClFO3S. The summed E-state index contributed by atoms with van der Waals surface area (Å²) in [6.07, 6.45) is 1.21. The van der Waals surface area contributed by atoms with E-state index in [0.29, 0.717) is 42.2 Å². The van der Waals surface area contributed by atoms with Crippen LogP contribution in [0.2, 0.25) is 5.02 Å². The lowest BCUT2D eigenvalue weighted by atomic mass is 9.97. The van der Waals surface area contributed by atoms with Crippen molar-refractivity contribution in [2.75, 3.05) is 13.2 Å². The van der Waals surface area contributed by atoms with Crippen molar-refractivity contribution in [2.45, 2.75) is 42.8 Å². The molecule has 3 atom stereocenters. The van der Waals surface area contributed by atoms with Crippen LogP contribution in [0.4, 0.5) is 4.39 Å². The Kier molecular flexibility index (Phi) is 7.04. The highest BCUT2D eigenvalue weighted by molar-refractivity contribution is 8.00. The number of thioether (sulfide) groups is 1. The molecular weight excluding hydrogens is 387 g/mol. The van der Waals surface area contributed by atoms with E-state index in [1.807, 2.05) is 25.1 Å². The van der Waals surface area contributed by atoms with Gasteiger partial charge in [0.25, 0.3) is 0 Å². The zero-order chi connectivity index (χ0) is 19.4. The van der Waals surface area contributed by atoms with E-state index in [9.17, 15) is 14.6 Å². The number of aliphatic hydroxyl groups excluding tert-OH is 2. The van der Waals surface area contributed by atoms with Crippen LogP contribution in [-0.4, -0.2) is 34.8 Å². The van der Waals surface area contributed by atoms with Gasteiger partial charge in [-0.2, -0.15) is 0 Å². The number of rotatable bonds is 6. The number of hydrogen-bond acceptors (Lipinski definition) is 4. The summed E-state index contributed by atoms with van der Waals surface area (Å²) in [5.41, 5.74) is 2.45. The predicted molar refractivity (Wildman–Crippen MR) is 108 cm³/mol. The van der Waals surface area contributed by atoms with Gasteiger partial charge >= 0.3 is 0 Å². The molecule has 0 bridgehead atoms. The zero-order valence-corrected chi connectivity index (χ0v) is 16.8. The van der Waals surface area contributed by atoms with Crippen LogP contribution in [0.15, 0.2) is 36.4 Å². The molecule has 0 spiro atoms. The number of ether oxygens (including phenoxy) is 1. The van der Waals surface area contributed by atoms with Crippen molar-refractivity contribution in [2.24, 2.45) is 0 Å². The Morgan fingerprint density at radius 2 is 2.00 bits per heavy atom. The van der Waals surface area contributed by atoms with Crippen molar-refractivity contribution >= 4 is 23.4 Å². The SMILES string of the molecule is CCOc1ccc(Cc2cc([C@H]3C[C@@H](O)C[C@@H](CO)S3)ccc2Cl)c(F)c1. The number of hydrogen-bond donors (Lipinski definition) is 2. The Morgan fingerprint density at radius 1 is 1.19 bits per heavy atom. The molecule has 27 heavy (non-hydrogen) atoms. The van der Waals surface area contributed by atoms with E-state index in [1.165, 1.54) is 6.07 Å². The van der Waals surface area contributed by atoms with Crippen molar-refractivity contribution in [1.29, 1.82) is 0 Å². The molecule has 2 N–H and O–H groups in total. The fourth-order valence-corrected chi connectivity index (χ4v) is 5.09. The van der Waals surface area contributed by atoms with Crippen LogP contribution < -0.4 is 4.74 Å². The lowest BCUT2D eigenvalue weighted by Gasteiger charge is -2.31. The summed E-state index contributed by atoms with van der Waals surface area (Å²) < 4.78 is 19.7. The Bertz CT molecular complexity index is 786. The molecule has 3 nitrogen and oxygen atoms in total. The fraction of sp³-hybridized carbons (Fsp3) is 0.429. The monoisotopic (exact) mass is 410 g/mol. The fourth-order valence-electron chi connectivity index (χ4n) is 3.39. The molecule has 1 fully saturated rings. The van der Waals surface area contributed by atoms with Gasteiger partial charge in [0, 0.05) is 28.0 Å². The van der Waals surface area contributed by atoms with Gasteiger partial charge in [-0.05, 0) is 48.6 Å². The second-order valence-corrected chi connectivity index (χ2v) is 8.68. The maximum Gasteiger partial charge on any atom is 0.130 e. The van der Waals surface area contributed by atoms with Crippen LogP contribution in [0.5, 0.6) is 5.75 Å². The molecule has 3 rings (SSSR count). The molecule has 0 unspecified atom stereocenters. The third-order valence-electron chi connectivity index (χ3n) is 4.74. The molecule has 1 aliphatic rings. The highest BCUT2D eigenvalue weighted by Gasteiger charge is 2.29. The van der Waals surface area contributed by atoms with Crippen LogP contribution in [0.25, 0.3) is 0 Å². The first-order valence-electron chi connectivity index (χ1n) is 9.14. The molecule has 2 aromatic rings. The van der Waals surface area contributed by atoms with Crippen molar-refractivity contribution in [1.82, 2.24) is 0 Å². The molecule has 1 saturated heterocycles. The van der Waals surface area contributed by atoms with Crippen molar-refractivity contribution in [3.63, 3.8) is 0 Å². The molecule has 0 aliphatic carbocycles. The third kappa shape index (κ3) is 5.17. The van der Waals surface area contributed by atoms with Crippen LogP contribution in [-0.2, 0) is 6.42 Å². The minimum absolute atomic E-state index is 0.0291. The van der Waals surface area contributed by atoms with Crippen LogP contribution in [0.1, 0.15) is 41.7 Å². The summed E-state index contributed by atoms with van der Waals surface area (Å²) in [4.78, 5) is 0. The second-order valence-electron chi connectivity index (χ2n) is 6.77. The minimum atomic E-state index is -0.420. The van der Waals surface area contributed by atoms with Gasteiger partial charge in [-0.3, -0.25) is 0 Å². The largest absolute Gasteiger partial charge is 0.494 e. The van der Waals surface area contributed by atoms with Crippen molar-refractivity contribution < 1.29 is 19.3 Å². The van der Waals surface area contributed by atoms with E-state index < -0.39 is 6.10 Å². The van der Waals surface area contributed by atoms with Gasteiger partial charge in [0.05, 0.1) is 19.3 Å². The van der Waals surface area contributed by atoms with E-state index in [1.54, 1.807) is 23.9 Å². The summed E-state index contributed by atoms with van der Waals surface area (Å²) in [7, 11) is 0. The molecule has 146 valence electrons. The first-order valence-corrected chi connectivity index (χ1v) is 10.5. The maximum atomic E-state index is 14.4. The second kappa shape index (κ2) is 9.28. The average molecular weight is 411 g/mol. The Hall–Kier alpha value is -1.27. The lowest BCUT2D eigenvalue weighted by Crippen LogP contribution is -2.26. The topological polar surface area (TPSA) is 49.7 Å². The summed E-state index contributed by atoms with van der Waals surface area (Å²) >= 11 is 8.04. The summed E-state index contributed by atoms with van der Waals surface area (Å²) in [6.45, 7) is 2.40. The number of benzene rings is 2. The van der Waals surface area contributed by atoms with Crippen LogP contribution >= 0.6 is 23.4 Å². The smallest absolute Gasteiger partial charge is 0.130 e. The first kappa shape index (κ1) is 20.5. The first-order chi connectivity index (χ1) is 13.0. The van der Waals surface area contributed by atoms with Gasteiger partial charge < -0.3 is 14.9 Å². The van der Waals surface area contributed by atoms with E-state index in [2.05, 4.69) is 0 Å². The lowest BCUT2D eigenvalue weighted by molar-refractivity contribution is 0.137.